The van der Waals surface area contributed by atoms with Crippen LogP contribution in [0.4, 0.5) is 0 Å². The summed E-state index contributed by atoms with van der Waals surface area (Å²) < 4.78 is 5.19. The summed E-state index contributed by atoms with van der Waals surface area (Å²) in [5.41, 5.74) is 1.64. The zero-order valence-corrected chi connectivity index (χ0v) is 11.7. The third-order valence-electron chi connectivity index (χ3n) is 4.07. The minimum absolute atomic E-state index is 0.0216. The second-order valence-corrected chi connectivity index (χ2v) is 5.42. The quantitative estimate of drug-likeness (QED) is 0.901. The highest BCUT2D eigenvalue weighted by Crippen LogP contribution is 2.24. The van der Waals surface area contributed by atoms with Crippen molar-refractivity contribution in [2.75, 3.05) is 7.11 Å². The normalized spacial score (nSPS) is 16.2. The Kier molecular flexibility index (Phi) is 3.63. The molecule has 20 heavy (non-hydrogen) atoms. The molecule has 0 atom stereocenters. The topological polar surface area (TPSA) is 54.1 Å². The number of carbonyl (C=O) groups is 1. The van der Waals surface area contributed by atoms with Gasteiger partial charge in [0.2, 0.25) is 0 Å². The Bertz CT molecular complexity index is 612. The van der Waals surface area contributed by atoms with Gasteiger partial charge < -0.3 is 15.0 Å². The smallest absolute Gasteiger partial charge is 0.253 e. The molecule has 1 aliphatic rings. The fourth-order valence-corrected chi connectivity index (χ4v) is 2.93. The van der Waals surface area contributed by atoms with Crippen LogP contribution < -0.4 is 10.1 Å². The molecule has 4 nitrogen and oxygen atoms in total. The van der Waals surface area contributed by atoms with Gasteiger partial charge in [-0.15, -0.1) is 0 Å². The zero-order chi connectivity index (χ0) is 13.9. The number of fused-ring (bicyclic) bond motifs is 1. The SMILES string of the molecule is COc1ccc2c(C(=O)NC3CCCCC3)c[nH]c2c1. The summed E-state index contributed by atoms with van der Waals surface area (Å²) in [6.07, 6.45) is 7.71. The summed E-state index contributed by atoms with van der Waals surface area (Å²) in [4.78, 5) is 15.5. The summed E-state index contributed by atoms with van der Waals surface area (Å²) >= 11 is 0. The van der Waals surface area contributed by atoms with Crippen LogP contribution in [0.15, 0.2) is 24.4 Å². The van der Waals surface area contributed by atoms with E-state index in [0.717, 1.165) is 29.5 Å². The molecule has 1 heterocycles. The monoisotopic (exact) mass is 272 g/mol. The van der Waals surface area contributed by atoms with Crippen LogP contribution in [0.1, 0.15) is 42.5 Å². The minimum Gasteiger partial charge on any atom is -0.497 e. The number of methoxy groups -OCH3 is 1. The van der Waals surface area contributed by atoms with Gasteiger partial charge in [-0.2, -0.15) is 0 Å². The van der Waals surface area contributed by atoms with Crippen LogP contribution in [0.2, 0.25) is 0 Å². The van der Waals surface area contributed by atoms with Crippen LogP contribution in [-0.2, 0) is 0 Å². The first-order chi connectivity index (χ1) is 9.78. The predicted molar refractivity (Wildman–Crippen MR) is 79.2 cm³/mol. The Hall–Kier alpha value is -1.97. The summed E-state index contributed by atoms with van der Waals surface area (Å²) in [7, 11) is 1.64. The highest BCUT2D eigenvalue weighted by atomic mass is 16.5. The Morgan fingerprint density at radius 2 is 2.10 bits per heavy atom. The van der Waals surface area contributed by atoms with E-state index < -0.39 is 0 Å². The molecule has 2 aromatic rings. The van der Waals surface area contributed by atoms with E-state index in [9.17, 15) is 4.79 Å². The van der Waals surface area contributed by atoms with Crippen molar-refractivity contribution in [3.63, 3.8) is 0 Å². The predicted octanol–water partition coefficient (Wildman–Crippen LogP) is 3.24. The van der Waals surface area contributed by atoms with E-state index in [4.69, 9.17) is 4.74 Å². The molecule has 1 saturated carbocycles. The fourth-order valence-electron chi connectivity index (χ4n) is 2.93. The molecule has 0 bridgehead atoms. The van der Waals surface area contributed by atoms with Crippen LogP contribution in [0.3, 0.4) is 0 Å². The molecule has 1 fully saturated rings. The zero-order valence-electron chi connectivity index (χ0n) is 11.7. The van der Waals surface area contributed by atoms with Gasteiger partial charge in [0.15, 0.2) is 0 Å². The number of hydrogen-bond donors (Lipinski definition) is 2. The lowest BCUT2D eigenvalue weighted by Gasteiger charge is -2.22. The molecule has 1 aliphatic carbocycles. The molecule has 0 unspecified atom stereocenters. The standard InChI is InChI=1S/C16H20N2O2/c1-20-12-7-8-13-14(10-17-15(13)9-12)16(19)18-11-5-3-2-4-6-11/h7-11,17H,2-6H2,1H3,(H,18,19). The van der Waals surface area contributed by atoms with Crippen LogP contribution >= 0.6 is 0 Å². The van der Waals surface area contributed by atoms with E-state index >= 15 is 0 Å². The number of ether oxygens (including phenoxy) is 1. The summed E-state index contributed by atoms with van der Waals surface area (Å²) in [5, 5.41) is 4.10. The molecule has 1 aromatic heterocycles. The lowest BCUT2D eigenvalue weighted by Crippen LogP contribution is -2.36. The van der Waals surface area contributed by atoms with E-state index in [0.29, 0.717) is 11.6 Å². The third kappa shape index (κ3) is 2.50. The van der Waals surface area contributed by atoms with Gasteiger partial charge in [0, 0.05) is 29.2 Å². The van der Waals surface area contributed by atoms with Crippen LogP contribution in [-0.4, -0.2) is 24.0 Å². The first-order valence-corrected chi connectivity index (χ1v) is 7.24. The van der Waals surface area contributed by atoms with Gasteiger partial charge >= 0.3 is 0 Å². The maximum Gasteiger partial charge on any atom is 0.253 e. The highest BCUT2D eigenvalue weighted by Gasteiger charge is 2.18. The second-order valence-electron chi connectivity index (χ2n) is 5.42. The number of H-pyrrole nitrogens is 1. The lowest BCUT2D eigenvalue weighted by molar-refractivity contribution is 0.0929. The molecule has 2 N–H and O–H groups in total. The molecule has 0 spiro atoms. The maximum atomic E-state index is 12.4. The summed E-state index contributed by atoms with van der Waals surface area (Å²) in [6, 6.07) is 6.06. The van der Waals surface area contributed by atoms with E-state index in [1.54, 1.807) is 13.3 Å². The van der Waals surface area contributed by atoms with Crippen molar-refractivity contribution in [3.8, 4) is 5.75 Å². The molecule has 1 amide bonds. The van der Waals surface area contributed by atoms with Gasteiger partial charge in [-0.1, -0.05) is 19.3 Å². The molecule has 0 radical (unpaired) electrons. The van der Waals surface area contributed by atoms with E-state index in [-0.39, 0.29) is 5.91 Å². The number of benzene rings is 1. The van der Waals surface area contributed by atoms with Crippen molar-refractivity contribution in [1.29, 1.82) is 0 Å². The number of aromatic amines is 1. The molecule has 4 heteroatoms. The average Bonchev–Trinajstić information content (AvgIpc) is 2.91. The van der Waals surface area contributed by atoms with Gasteiger partial charge in [-0.25, -0.2) is 0 Å². The number of nitrogens with one attached hydrogen (secondary N) is 2. The van der Waals surface area contributed by atoms with Gasteiger partial charge in [-0.05, 0) is 25.0 Å². The van der Waals surface area contributed by atoms with Gasteiger partial charge in [0.25, 0.3) is 5.91 Å². The largest absolute Gasteiger partial charge is 0.497 e. The molecule has 1 aromatic carbocycles. The van der Waals surface area contributed by atoms with Crippen LogP contribution in [0.5, 0.6) is 5.75 Å². The molecule has 0 saturated heterocycles. The Morgan fingerprint density at radius 1 is 1.30 bits per heavy atom. The number of hydrogen-bond acceptors (Lipinski definition) is 2. The Morgan fingerprint density at radius 3 is 2.85 bits per heavy atom. The van der Waals surface area contributed by atoms with Crippen LogP contribution in [0, 0.1) is 0 Å². The molecule has 3 rings (SSSR count). The lowest BCUT2D eigenvalue weighted by atomic mass is 9.95. The van der Waals surface area contributed by atoms with E-state index in [1.807, 2.05) is 18.2 Å². The number of carbonyl (C=O) groups excluding carboxylic acids is 1. The fraction of sp³-hybridized carbons (Fsp3) is 0.438. The number of rotatable bonds is 3. The van der Waals surface area contributed by atoms with Crippen molar-refractivity contribution in [1.82, 2.24) is 10.3 Å². The second kappa shape index (κ2) is 5.57. The molecular formula is C16H20N2O2. The number of amides is 1. The van der Waals surface area contributed by atoms with Crippen molar-refractivity contribution >= 4 is 16.8 Å². The molecular weight excluding hydrogens is 252 g/mol. The third-order valence-corrected chi connectivity index (χ3v) is 4.07. The first kappa shape index (κ1) is 13.0. The summed E-state index contributed by atoms with van der Waals surface area (Å²) in [5.74, 6) is 0.812. The Labute approximate surface area is 118 Å². The van der Waals surface area contributed by atoms with E-state index in [1.165, 1.54) is 19.3 Å². The number of aromatic nitrogens is 1. The van der Waals surface area contributed by atoms with E-state index in [2.05, 4.69) is 10.3 Å². The van der Waals surface area contributed by atoms with Crippen molar-refractivity contribution in [2.24, 2.45) is 0 Å². The summed E-state index contributed by atoms with van der Waals surface area (Å²) in [6.45, 7) is 0. The van der Waals surface area contributed by atoms with Gasteiger partial charge in [-0.3, -0.25) is 4.79 Å². The molecule has 106 valence electrons. The van der Waals surface area contributed by atoms with Gasteiger partial charge in [0.1, 0.15) is 5.75 Å². The van der Waals surface area contributed by atoms with Crippen molar-refractivity contribution in [2.45, 2.75) is 38.1 Å². The average molecular weight is 272 g/mol. The van der Waals surface area contributed by atoms with Crippen molar-refractivity contribution < 1.29 is 9.53 Å². The Balaban J connectivity index is 1.80. The molecule has 0 aliphatic heterocycles. The minimum atomic E-state index is 0.0216. The maximum absolute atomic E-state index is 12.4. The van der Waals surface area contributed by atoms with Gasteiger partial charge in [0.05, 0.1) is 12.7 Å². The van der Waals surface area contributed by atoms with Crippen molar-refractivity contribution in [3.05, 3.63) is 30.0 Å². The first-order valence-electron chi connectivity index (χ1n) is 7.24. The highest BCUT2D eigenvalue weighted by molar-refractivity contribution is 6.07. The van der Waals surface area contributed by atoms with Crippen LogP contribution in [0.25, 0.3) is 10.9 Å².